The minimum atomic E-state index is -0.491. The summed E-state index contributed by atoms with van der Waals surface area (Å²) in [5, 5.41) is 3.08. The summed E-state index contributed by atoms with van der Waals surface area (Å²) in [6, 6.07) is 12.3. The van der Waals surface area contributed by atoms with Gasteiger partial charge in [0, 0.05) is 0 Å². The Hall–Kier alpha value is -2.29. The summed E-state index contributed by atoms with van der Waals surface area (Å²) in [6.07, 6.45) is 0.133. The Balaban J connectivity index is 2.08. The van der Waals surface area contributed by atoms with Gasteiger partial charge in [0.2, 0.25) is 0 Å². The number of hydrogen-bond acceptors (Lipinski definition) is 2. The molecular weight excluding hydrogens is 310 g/mol. The summed E-state index contributed by atoms with van der Waals surface area (Å²) in [4.78, 5) is 12.7. The van der Waals surface area contributed by atoms with E-state index in [4.69, 9.17) is 4.74 Å². The molecule has 0 radical (unpaired) electrons. The highest BCUT2D eigenvalue weighted by Gasteiger charge is 2.21. The number of carbonyl (C=O) groups excluding carboxylic acids is 1. The van der Waals surface area contributed by atoms with Gasteiger partial charge in [0.1, 0.15) is 5.75 Å². The Morgan fingerprint density at radius 1 is 1.00 bits per heavy atom. The van der Waals surface area contributed by atoms with E-state index in [9.17, 15) is 4.79 Å². The minimum absolute atomic E-state index is 0.0527. The lowest BCUT2D eigenvalue weighted by atomic mass is 10.0. The molecule has 0 saturated carbocycles. The van der Waals surface area contributed by atoms with Crippen LogP contribution in [0.15, 0.2) is 36.4 Å². The van der Waals surface area contributed by atoms with Crippen molar-refractivity contribution in [2.45, 2.75) is 60.1 Å². The van der Waals surface area contributed by atoms with E-state index < -0.39 is 6.10 Å². The Kier molecular flexibility index (Phi) is 6.24. The van der Waals surface area contributed by atoms with Gasteiger partial charge in [0.25, 0.3) is 5.91 Å². The van der Waals surface area contributed by atoms with Crippen LogP contribution in [0.25, 0.3) is 0 Å². The molecule has 1 amide bonds. The van der Waals surface area contributed by atoms with Crippen molar-refractivity contribution in [1.82, 2.24) is 5.32 Å². The zero-order valence-corrected chi connectivity index (χ0v) is 16.1. The van der Waals surface area contributed by atoms with E-state index in [1.165, 1.54) is 11.1 Å². The number of carbonyl (C=O) groups is 1. The SMILES string of the molecule is CC[C@H](Oc1cc(C)ccc1C)C(=O)N[C@H](C)c1ccc(C)c(C)c1. The lowest BCUT2D eigenvalue weighted by Gasteiger charge is -2.22. The van der Waals surface area contributed by atoms with Crippen LogP contribution in [0.4, 0.5) is 0 Å². The highest BCUT2D eigenvalue weighted by molar-refractivity contribution is 5.81. The monoisotopic (exact) mass is 339 g/mol. The number of aryl methyl sites for hydroxylation is 4. The van der Waals surface area contributed by atoms with E-state index in [1.54, 1.807) is 0 Å². The summed E-state index contributed by atoms with van der Waals surface area (Å²) in [7, 11) is 0. The van der Waals surface area contributed by atoms with Gasteiger partial charge in [-0.3, -0.25) is 4.79 Å². The summed E-state index contributed by atoms with van der Waals surface area (Å²) >= 11 is 0. The fourth-order valence-corrected chi connectivity index (χ4v) is 2.73. The molecule has 3 nitrogen and oxygen atoms in total. The zero-order chi connectivity index (χ0) is 18.6. The molecule has 0 unspecified atom stereocenters. The third-order valence-electron chi connectivity index (χ3n) is 4.67. The largest absolute Gasteiger partial charge is 0.480 e. The van der Waals surface area contributed by atoms with Crippen molar-refractivity contribution in [2.75, 3.05) is 0 Å². The van der Waals surface area contributed by atoms with Crippen LogP contribution in [-0.4, -0.2) is 12.0 Å². The highest BCUT2D eigenvalue weighted by Crippen LogP contribution is 2.22. The van der Waals surface area contributed by atoms with Crippen molar-refractivity contribution < 1.29 is 9.53 Å². The van der Waals surface area contributed by atoms with Crippen molar-refractivity contribution in [3.05, 3.63) is 64.2 Å². The molecule has 0 aliphatic carbocycles. The maximum Gasteiger partial charge on any atom is 0.261 e. The zero-order valence-electron chi connectivity index (χ0n) is 16.1. The average molecular weight is 339 g/mol. The van der Waals surface area contributed by atoms with Crippen molar-refractivity contribution in [2.24, 2.45) is 0 Å². The fourth-order valence-electron chi connectivity index (χ4n) is 2.73. The molecule has 2 rings (SSSR count). The van der Waals surface area contributed by atoms with Crippen LogP contribution in [0.2, 0.25) is 0 Å². The number of nitrogens with one attached hydrogen (secondary N) is 1. The van der Waals surface area contributed by atoms with Gasteiger partial charge < -0.3 is 10.1 Å². The Labute approximate surface area is 151 Å². The predicted molar refractivity (Wildman–Crippen MR) is 103 cm³/mol. The highest BCUT2D eigenvalue weighted by atomic mass is 16.5. The van der Waals surface area contributed by atoms with Crippen molar-refractivity contribution in [1.29, 1.82) is 0 Å². The van der Waals surface area contributed by atoms with E-state index in [0.29, 0.717) is 6.42 Å². The Bertz CT molecular complexity index is 752. The number of rotatable bonds is 6. The molecule has 134 valence electrons. The van der Waals surface area contributed by atoms with Gasteiger partial charge >= 0.3 is 0 Å². The first-order valence-corrected chi connectivity index (χ1v) is 8.93. The van der Waals surface area contributed by atoms with Gasteiger partial charge in [-0.15, -0.1) is 0 Å². The van der Waals surface area contributed by atoms with Crippen LogP contribution in [0.1, 0.15) is 54.1 Å². The first kappa shape index (κ1) is 19.0. The van der Waals surface area contributed by atoms with Crippen molar-refractivity contribution in [3.63, 3.8) is 0 Å². The topological polar surface area (TPSA) is 38.3 Å². The van der Waals surface area contributed by atoms with Crippen LogP contribution in [-0.2, 0) is 4.79 Å². The molecule has 2 aromatic carbocycles. The van der Waals surface area contributed by atoms with Gasteiger partial charge in [-0.1, -0.05) is 37.3 Å². The molecule has 2 aromatic rings. The van der Waals surface area contributed by atoms with Gasteiger partial charge in [-0.05, 0) is 74.9 Å². The predicted octanol–water partition coefficient (Wildman–Crippen LogP) is 4.96. The van der Waals surface area contributed by atoms with Crippen molar-refractivity contribution in [3.8, 4) is 5.75 Å². The molecule has 0 saturated heterocycles. The molecule has 2 atom stereocenters. The summed E-state index contributed by atoms with van der Waals surface area (Å²) in [5.74, 6) is 0.704. The van der Waals surface area contributed by atoms with E-state index in [1.807, 2.05) is 45.9 Å². The van der Waals surface area contributed by atoms with Crippen molar-refractivity contribution >= 4 is 5.91 Å². The second-order valence-electron chi connectivity index (χ2n) is 6.86. The smallest absolute Gasteiger partial charge is 0.261 e. The van der Waals surface area contributed by atoms with E-state index >= 15 is 0 Å². The first-order valence-electron chi connectivity index (χ1n) is 8.93. The third-order valence-corrected chi connectivity index (χ3v) is 4.67. The van der Waals surface area contributed by atoms with Crippen LogP contribution in [0.5, 0.6) is 5.75 Å². The molecule has 0 aliphatic heterocycles. The van der Waals surface area contributed by atoms with Crippen LogP contribution in [0.3, 0.4) is 0 Å². The van der Waals surface area contributed by atoms with Crippen LogP contribution < -0.4 is 10.1 Å². The Morgan fingerprint density at radius 3 is 2.32 bits per heavy atom. The molecule has 1 N–H and O–H groups in total. The number of ether oxygens (including phenoxy) is 1. The summed E-state index contributed by atoms with van der Waals surface area (Å²) in [6.45, 7) is 12.2. The standard InChI is InChI=1S/C22H29NO2/c1-7-20(25-21-12-14(2)8-9-16(21)4)22(24)23-18(6)19-11-10-15(3)17(5)13-19/h8-13,18,20H,7H2,1-6H3,(H,23,24)/t18-,20+/m1/s1. The van der Waals surface area contributed by atoms with E-state index in [-0.39, 0.29) is 11.9 Å². The molecule has 25 heavy (non-hydrogen) atoms. The van der Waals surface area contributed by atoms with Gasteiger partial charge in [0.05, 0.1) is 6.04 Å². The second-order valence-corrected chi connectivity index (χ2v) is 6.86. The fraction of sp³-hybridized carbons (Fsp3) is 0.409. The van der Waals surface area contributed by atoms with Crippen LogP contribution >= 0.6 is 0 Å². The van der Waals surface area contributed by atoms with Gasteiger partial charge in [-0.25, -0.2) is 0 Å². The molecular formula is C22H29NO2. The molecule has 0 bridgehead atoms. The third kappa shape index (κ3) is 4.85. The molecule has 0 spiro atoms. The maximum absolute atomic E-state index is 12.7. The van der Waals surface area contributed by atoms with E-state index in [2.05, 4.69) is 37.4 Å². The molecule has 0 fully saturated rings. The second kappa shape index (κ2) is 8.19. The molecule has 0 heterocycles. The number of benzene rings is 2. The average Bonchev–Trinajstić information content (AvgIpc) is 2.57. The number of hydrogen-bond donors (Lipinski definition) is 1. The Morgan fingerprint density at radius 2 is 1.68 bits per heavy atom. The summed E-state index contributed by atoms with van der Waals surface area (Å²) < 4.78 is 6.00. The maximum atomic E-state index is 12.7. The molecule has 3 heteroatoms. The summed E-state index contributed by atoms with van der Waals surface area (Å²) in [5.41, 5.74) is 5.76. The normalized spacial score (nSPS) is 13.2. The quantitative estimate of drug-likeness (QED) is 0.808. The van der Waals surface area contributed by atoms with Gasteiger partial charge in [-0.2, -0.15) is 0 Å². The van der Waals surface area contributed by atoms with Crippen LogP contribution in [0, 0.1) is 27.7 Å². The lowest BCUT2D eigenvalue weighted by Crippen LogP contribution is -2.39. The first-order chi connectivity index (χ1) is 11.8. The minimum Gasteiger partial charge on any atom is -0.480 e. The number of amides is 1. The van der Waals surface area contributed by atoms with E-state index in [0.717, 1.165) is 22.4 Å². The van der Waals surface area contributed by atoms with Gasteiger partial charge in [0.15, 0.2) is 6.10 Å². The molecule has 0 aromatic heterocycles. The lowest BCUT2D eigenvalue weighted by molar-refractivity contribution is -0.128. The molecule has 0 aliphatic rings.